The van der Waals surface area contributed by atoms with Crippen molar-refractivity contribution in [3.05, 3.63) is 70.8 Å². The van der Waals surface area contributed by atoms with Gasteiger partial charge in [-0.1, -0.05) is 54.6 Å². The molecule has 0 heterocycles. The third-order valence-corrected chi connectivity index (χ3v) is 3.56. The predicted octanol–water partition coefficient (Wildman–Crippen LogP) is 5.36. The zero-order chi connectivity index (χ0) is 13.0. The molecule has 0 aromatic heterocycles. The summed E-state index contributed by atoms with van der Waals surface area (Å²) in [5.74, 6) is 0.460. The van der Waals surface area contributed by atoms with Crippen LogP contribution < -0.4 is 0 Å². The molecule has 0 aliphatic heterocycles. The Morgan fingerprint density at radius 2 is 2.17 bits per heavy atom. The number of hydrogen-bond acceptors (Lipinski definition) is 0. The van der Waals surface area contributed by atoms with Crippen molar-refractivity contribution >= 4 is 11.6 Å². The standard InChI is InChI=1S/C17H19Cl/c1-3-7-15(12-13(2)18)17-11-6-9-14-8-4-5-10-16(14)17/h3-5,7-8,10,12,17H,1,6,9,11H2,2H3/b13-12-,15-7+. The molecule has 1 unspecified atom stereocenters. The summed E-state index contributed by atoms with van der Waals surface area (Å²) in [5.41, 5.74) is 4.19. The highest BCUT2D eigenvalue weighted by molar-refractivity contribution is 6.29. The van der Waals surface area contributed by atoms with Gasteiger partial charge < -0.3 is 0 Å². The number of rotatable bonds is 3. The Kier molecular flexibility index (Phi) is 4.43. The van der Waals surface area contributed by atoms with Crippen LogP contribution in [0.15, 0.2) is 59.7 Å². The monoisotopic (exact) mass is 258 g/mol. The van der Waals surface area contributed by atoms with Crippen molar-refractivity contribution in [3.8, 4) is 0 Å². The van der Waals surface area contributed by atoms with Crippen LogP contribution in [0.3, 0.4) is 0 Å². The van der Waals surface area contributed by atoms with E-state index in [1.807, 2.05) is 13.0 Å². The van der Waals surface area contributed by atoms with Gasteiger partial charge >= 0.3 is 0 Å². The maximum atomic E-state index is 6.04. The van der Waals surface area contributed by atoms with E-state index < -0.39 is 0 Å². The van der Waals surface area contributed by atoms with Gasteiger partial charge in [0.1, 0.15) is 0 Å². The first kappa shape index (κ1) is 13.2. The lowest BCUT2D eigenvalue weighted by atomic mass is 9.78. The van der Waals surface area contributed by atoms with Crippen molar-refractivity contribution in [2.75, 3.05) is 0 Å². The molecule has 1 aromatic carbocycles. The van der Waals surface area contributed by atoms with Crippen LogP contribution >= 0.6 is 11.6 Å². The minimum Gasteiger partial charge on any atom is -0.0991 e. The van der Waals surface area contributed by atoms with Crippen molar-refractivity contribution in [2.45, 2.75) is 32.1 Å². The SMILES string of the molecule is C=C/C=C(\C=C(\C)Cl)C1CCCc2ccccc21. The fraction of sp³-hybridized carbons (Fsp3) is 0.294. The number of aryl methyl sites for hydroxylation is 1. The number of halogens is 1. The molecule has 0 spiro atoms. The van der Waals surface area contributed by atoms with E-state index >= 15 is 0 Å². The Bertz CT molecular complexity index is 490. The van der Waals surface area contributed by atoms with E-state index in [9.17, 15) is 0 Å². The second kappa shape index (κ2) is 6.06. The Balaban J connectivity index is 2.42. The summed E-state index contributed by atoms with van der Waals surface area (Å²) in [6.45, 7) is 5.73. The van der Waals surface area contributed by atoms with Crippen LogP contribution in [0.5, 0.6) is 0 Å². The van der Waals surface area contributed by atoms with Crippen LogP contribution in [-0.4, -0.2) is 0 Å². The molecule has 0 fully saturated rings. The first-order valence-corrected chi connectivity index (χ1v) is 6.84. The maximum absolute atomic E-state index is 6.04. The molecule has 0 N–H and O–H groups in total. The Morgan fingerprint density at radius 1 is 1.39 bits per heavy atom. The molecule has 1 heteroatoms. The quantitative estimate of drug-likeness (QED) is 0.640. The molecule has 1 aromatic rings. The molecule has 0 bridgehead atoms. The first-order chi connectivity index (χ1) is 8.72. The highest BCUT2D eigenvalue weighted by atomic mass is 35.5. The average Bonchev–Trinajstić information content (AvgIpc) is 2.37. The minimum absolute atomic E-state index is 0.460. The van der Waals surface area contributed by atoms with Gasteiger partial charge in [-0.05, 0) is 49.0 Å². The van der Waals surface area contributed by atoms with Gasteiger partial charge in [-0.25, -0.2) is 0 Å². The summed E-state index contributed by atoms with van der Waals surface area (Å²) in [6, 6.07) is 8.73. The summed E-state index contributed by atoms with van der Waals surface area (Å²) < 4.78 is 0. The van der Waals surface area contributed by atoms with E-state index in [-0.39, 0.29) is 0 Å². The highest BCUT2D eigenvalue weighted by Gasteiger charge is 2.21. The molecule has 2 rings (SSSR count). The molecule has 18 heavy (non-hydrogen) atoms. The zero-order valence-corrected chi connectivity index (χ0v) is 11.6. The number of allylic oxidation sites excluding steroid dienone is 5. The second-order valence-electron chi connectivity index (χ2n) is 4.78. The number of hydrogen-bond donors (Lipinski definition) is 0. The van der Waals surface area contributed by atoms with Gasteiger partial charge in [0.2, 0.25) is 0 Å². The smallest absolute Gasteiger partial charge is 0.0152 e. The molecular weight excluding hydrogens is 240 g/mol. The van der Waals surface area contributed by atoms with E-state index in [4.69, 9.17) is 11.6 Å². The Labute approximate surface area is 115 Å². The first-order valence-electron chi connectivity index (χ1n) is 6.46. The Hall–Kier alpha value is -1.27. The summed E-state index contributed by atoms with van der Waals surface area (Å²) in [6.07, 6.45) is 9.62. The van der Waals surface area contributed by atoms with Gasteiger partial charge in [-0.15, -0.1) is 0 Å². The third-order valence-electron chi connectivity index (χ3n) is 3.45. The lowest BCUT2D eigenvalue weighted by Crippen LogP contribution is -2.11. The average molecular weight is 259 g/mol. The molecule has 0 nitrogen and oxygen atoms in total. The Morgan fingerprint density at radius 3 is 2.89 bits per heavy atom. The topological polar surface area (TPSA) is 0 Å². The summed E-state index contributed by atoms with van der Waals surface area (Å²) in [5, 5.41) is 0.825. The van der Waals surface area contributed by atoms with Gasteiger partial charge in [-0.2, -0.15) is 0 Å². The van der Waals surface area contributed by atoms with E-state index in [1.165, 1.54) is 36.0 Å². The van der Waals surface area contributed by atoms with Crippen molar-refractivity contribution in [2.24, 2.45) is 0 Å². The normalized spacial score (nSPS) is 20.4. The van der Waals surface area contributed by atoms with Crippen molar-refractivity contribution in [3.63, 3.8) is 0 Å². The maximum Gasteiger partial charge on any atom is 0.0152 e. The fourth-order valence-electron chi connectivity index (χ4n) is 2.73. The summed E-state index contributed by atoms with van der Waals surface area (Å²) in [7, 11) is 0. The van der Waals surface area contributed by atoms with Crippen LogP contribution in [-0.2, 0) is 6.42 Å². The van der Waals surface area contributed by atoms with Crippen molar-refractivity contribution in [1.29, 1.82) is 0 Å². The molecule has 94 valence electrons. The van der Waals surface area contributed by atoms with Crippen molar-refractivity contribution < 1.29 is 0 Å². The minimum atomic E-state index is 0.460. The summed E-state index contributed by atoms with van der Waals surface area (Å²) in [4.78, 5) is 0. The number of benzene rings is 1. The van der Waals surface area contributed by atoms with Crippen molar-refractivity contribution in [1.82, 2.24) is 0 Å². The van der Waals surface area contributed by atoms with E-state index in [0.717, 1.165) is 5.03 Å². The molecular formula is C17H19Cl. The van der Waals surface area contributed by atoms with E-state index in [0.29, 0.717) is 5.92 Å². The lowest BCUT2D eigenvalue weighted by Gasteiger charge is -2.26. The second-order valence-corrected chi connectivity index (χ2v) is 5.37. The van der Waals surface area contributed by atoms with Gasteiger partial charge in [-0.3, -0.25) is 0 Å². The molecule has 0 radical (unpaired) electrons. The summed E-state index contributed by atoms with van der Waals surface area (Å²) >= 11 is 6.04. The van der Waals surface area contributed by atoms with Gasteiger partial charge in [0, 0.05) is 11.0 Å². The van der Waals surface area contributed by atoms with Gasteiger partial charge in [0.05, 0.1) is 0 Å². The van der Waals surface area contributed by atoms with Crippen LogP contribution in [0.4, 0.5) is 0 Å². The van der Waals surface area contributed by atoms with Crippen LogP contribution in [0, 0.1) is 0 Å². The molecule has 1 aliphatic carbocycles. The molecule has 1 aliphatic rings. The molecule has 1 atom stereocenters. The van der Waals surface area contributed by atoms with Crippen LogP contribution in [0.25, 0.3) is 0 Å². The predicted molar refractivity (Wildman–Crippen MR) is 80.0 cm³/mol. The van der Waals surface area contributed by atoms with Crippen LogP contribution in [0.2, 0.25) is 0 Å². The largest absolute Gasteiger partial charge is 0.0991 e. The number of fused-ring (bicyclic) bond motifs is 1. The van der Waals surface area contributed by atoms with Gasteiger partial charge in [0.25, 0.3) is 0 Å². The molecule has 0 saturated carbocycles. The highest BCUT2D eigenvalue weighted by Crippen LogP contribution is 2.37. The van der Waals surface area contributed by atoms with E-state index in [1.54, 1.807) is 0 Å². The lowest BCUT2D eigenvalue weighted by molar-refractivity contribution is 0.615. The zero-order valence-electron chi connectivity index (χ0n) is 10.8. The fourth-order valence-corrected chi connectivity index (χ4v) is 2.86. The van der Waals surface area contributed by atoms with E-state index in [2.05, 4.69) is 43.0 Å². The van der Waals surface area contributed by atoms with Crippen LogP contribution in [0.1, 0.15) is 36.8 Å². The van der Waals surface area contributed by atoms with Gasteiger partial charge in [0.15, 0.2) is 0 Å². The molecule has 0 saturated heterocycles. The molecule has 0 amide bonds. The third kappa shape index (κ3) is 2.94.